The summed E-state index contributed by atoms with van der Waals surface area (Å²) in [6.07, 6.45) is -3.73. The van der Waals surface area contributed by atoms with Crippen molar-refractivity contribution in [1.82, 2.24) is 4.90 Å². The minimum absolute atomic E-state index is 0.0303. The molecule has 0 aliphatic rings. The first-order valence-corrected chi connectivity index (χ1v) is 6.59. The molecule has 0 aliphatic carbocycles. The van der Waals surface area contributed by atoms with Crippen molar-refractivity contribution in [2.75, 3.05) is 20.2 Å². The molecule has 8 heteroatoms. The Morgan fingerprint density at radius 1 is 1.29 bits per heavy atom. The number of hydrogen-bond donors (Lipinski definition) is 2. The number of nitrogens with zero attached hydrogens (tertiary/aromatic N) is 1. The highest BCUT2D eigenvalue weighted by atomic mass is 19.4. The lowest BCUT2D eigenvalue weighted by Gasteiger charge is -2.24. The van der Waals surface area contributed by atoms with Crippen LogP contribution in [0.3, 0.4) is 0 Å². The smallest absolute Gasteiger partial charge is 0.488 e. The largest absolute Gasteiger partial charge is 0.497 e. The van der Waals surface area contributed by atoms with Gasteiger partial charge in [0, 0.05) is 6.54 Å². The van der Waals surface area contributed by atoms with Gasteiger partial charge in [0.2, 0.25) is 0 Å². The highest BCUT2D eigenvalue weighted by molar-refractivity contribution is 6.59. The molecule has 21 heavy (non-hydrogen) atoms. The summed E-state index contributed by atoms with van der Waals surface area (Å²) in [5.41, 5.74) is 0.584. The first kappa shape index (κ1) is 17.8. The van der Waals surface area contributed by atoms with Gasteiger partial charge in [0.05, 0.1) is 13.7 Å². The van der Waals surface area contributed by atoms with Crippen LogP contribution in [0.25, 0.3) is 0 Å². The molecule has 0 saturated carbocycles. The van der Waals surface area contributed by atoms with E-state index in [0.717, 1.165) is 0 Å². The van der Waals surface area contributed by atoms with Crippen LogP contribution in [-0.4, -0.2) is 48.4 Å². The molecular weight excluding hydrogens is 286 g/mol. The zero-order valence-electron chi connectivity index (χ0n) is 12.0. The van der Waals surface area contributed by atoms with E-state index in [9.17, 15) is 23.2 Å². The molecule has 0 saturated heterocycles. The lowest BCUT2D eigenvalue weighted by atomic mass is 9.77. The summed E-state index contributed by atoms with van der Waals surface area (Å²) in [7, 11) is -0.298. The molecule has 0 radical (unpaired) electrons. The minimum atomic E-state index is -4.30. The standard InChI is InChI=1S/C13H19BF3NO3/c1-3-6-18(9-13(15,16)17)8-10-7-11(21-2)4-5-12(10)14(19)20/h4-5,7,19-20H,3,6,8-9H2,1-2H3. The third kappa shape index (κ3) is 5.95. The average Bonchev–Trinajstić information content (AvgIpc) is 2.36. The summed E-state index contributed by atoms with van der Waals surface area (Å²) in [6, 6.07) is 4.50. The SMILES string of the molecule is CCCN(Cc1cc(OC)ccc1B(O)O)CC(F)(F)F. The molecule has 118 valence electrons. The predicted octanol–water partition coefficient (Wildman–Crippen LogP) is 1.15. The number of ether oxygens (including phenoxy) is 1. The van der Waals surface area contributed by atoms with Gasteiger partial charge in [-0.25, -0.2) is 0 Å². The molecule has 1 aromatic carbocycles. The second kappa shape index (κ2) is 7.67. The summed E-state index contributed by atoms with van der Waals surface area (Å²) in [6.45, 7) is 0.977. The summed E-state index contributed by atoms with van der Waals surface area (Å²) < 4.78 is 42.7. The predicted molar refractivity (Wildman–Crippen MR) is 74.4 cm³/mol. The van der Waals surface area contributed by atoms with Gasteiger partial charge in [-0.1, -0.05) is 13.0 Å². The van der Waals surface area contributed by atoms with E-state index in [1.54, 1.807) is 6.92 Å². The lowest BCUT2D eigenvalue weighted by Crippen LogP contribution is -2.39. The maximum atomic E-state index is 12.6. The van der Waals surface area contributed by atoms with Crippen molar-refractivity contribution in [1.29, 1.82) is 0 Å². The maximum Gasteiger partial charge on any atom is 0.488 e. The Bertz CT molecular complexity index is 455. The van der Waals surface area contributed by atoms with Crippen LogP contribution in [0.15, 0.2) is 18.2 Å². The second-order valence-electron chi connectivity index (χ2n) is 4.76. The molecule has 2 N–H and O–H groups in total. The first-order chi connectivity index (χ1) is 9.76. The van der Waals surface area contributed by atoms with Crippen LogP contribution >= 0.6 is 0 Å². The van der Waals surface area contributed by atoms with Gasteiger partial charge in [0.1, 0.15) is 5.75 Å². The van der Waals surface area contributed by atoms with Crippen molar-refractivity contribution in [3.05, 3.63) is 23.8 Å². The van der Waals surface area contributed by atoms with Gasteiger partial charge < -0.3 is 14.8 Å². The van der Waals surface area contributed by atoms with Gasteiger partial charge in [-0.3, -0.25) is 4.90 Å². The van der Waals surface area contributed by atoms with Gasteiger partial charge in [-0.05, 0) is 36.1 Å². The molecule has 0 aliphatic heterocycles. The van der Waals surface area contributed by atoms with E-state index < -0.39 is 19.8 Å². The van der Waals surface area contributed by atoms with E-state index in [-0.39, 0.29) is 18.6 Å². The van der Waals surface area contributed by atoms with Gasteiger partial charge in [-0.2, -0.15) is 13.2 Å². The van der Waals surface area contributed by atoms with Crippen molar-refractivity contribution in [2.24, 2.45) is 0 Å². The van der Waals surface area contributed by atoms with E-state index in [1.807, 2.05) is 0 Å². The van der Waals surface area contributed by atoms with Crippen molar-refractivity contribution < 1.29 is 28.0 Å². The van der Waals surface area contributed by atoms with Gasteiger partial charge >= 0.3 is 13.3 Å². The maximum absolute atomic E-state index is 12.6. The molecule has 1 aromatic rings. The van der Waals surface area contributed by atoms with E-state index in [4.69, 9.17) is 4.74 Å². The third-order valence-electron chi connectivity index (χ3n) is 2.96. The summed E-state index contributed by atoms with van der Waals surface area (Å²) in [5.74, 6) is 0.456. The van der Waals surface area contributed by atoms with E-state index in [1.165, 1.54) is 30.2 Å². The van der Waals surface area contributed by atoms with Crippen LogP contribution < -0.4 is 10.2 Å². The van der Waals surface area contributed by atoms with Crippen molar-refractivity contribution >= 4 is 12.6 Å². The Hall–Kier alpha value is -1.25. The van der Waals surface area contributed by atoms with Crippen LogP contribution in [0, 0.1) is 0 Å². The molecular formula is C13H19BF3NO3. The highest BCUT2D eigenvalue weighted by Gasteiger charge is 2.31. The minimum Gasteiger partial charge on any atom is -0.497 e. The fourth-order valence-electron chi connectivity index (χ4n) is 2.12. The normalized spacial score (nSPS) is 11.8. The second-order valence-corrected chi connectivity index (χ2v) is 4.76. The number of rotatable bonds is 7. The molecule has 0 spiro atoms. The number of halogens is 3. The van der Waals surface area contributed by atoms with E-state index in [2.05, 4.69) is 0 Å². The lowest BCUT2D eigenvalue weighted by molar-refractivity contribution is -0.147. The monoisotopic (exact) mass is 305 g/mol. The van der Waals surface area contributed by atoms with Crippen molar-refractivity contribution in [2.45, 2.75) is 26.1 Å². The van der Waals surface area contributed by atoms with Gasteiger partial charge in [-0.15, -0.1) is 0 Å². The third-order valence-corrected chi connectivity index (χ3v) is 2.96. The summed E-state index contributed by atoms with van der Waals surface area (Å²) in [5, 5.41) is 18.6. The number of hydrogen-bond acceptors (Lipinski definition) is 4. The quantitative estimate of drug-likeness (QED) is 0.742. The van der Waals surface area contributed by atoms with Crippen molar-refractivity contribution in [3.63, 3.8) is 0 Å². The average molecular weight is 305 g/mol. The molecule has 1 rings (SSSR count). The zero-order chi connectivity index (χ0) is 16.0. The Morgan fingerprint density at radius 3 is 2.43 bits per heavy atom. The molecule has 0 amide bonds. The molecule has 4 nitrogen and oxygen atoms in total. The van der Waals surface area contributed by atoms with E-state index in [0.29, 0.717) is 17.7 Å². The van der Waals surface area contributed by atoms with Crippen LogP contribution in [-0.2, 0) is 6.54 Å². The van der Waals surface area contributed by atoms with Crippen LogP contribution in [0.4, 0.5) is 13.2 Å². The van der Waals surface area contributed by atoms with Crippen LogP contribution in [0.1, 0.15) is 18.9 Å². The Balaban J connectivity index is 3.00. The fourth-order valence-corrected chi connectivity index (χ4v) is 2.12. The first-order valence-electron chi connectivity index (χ1n) is 6.59. The van der Waals surface area contributed by atoms with Crippen LogP contribution in [0.2, 0.25) is 0 Å². The highest BCUT2D eigenvalue weighted by Crippen LogP contribution is 2.19. The molecule has 0 bridgehead atoms. The van der Waals surface area contributed by atoms with Gasteiger partial charge in [0.15, 0.2) is 0 Å². The Labute approximate surface area is 122 Å². The summed E-state index contributed by atoms with van der Waals surface area (Å²) in [4.78, 5) is 1.22. The molecule has 0 unspecified atom stereocenters. The topological polar surface area (TPSA) is 52.9 Å². The summed E-state index contributed by atoms with van der Waals surface area (Å²) >= 11 is 0. The van der Waals surface area contributed by atoms with Crippen molar-refractivity contribution in [3.8, 4) is 5.75 Å². The molecule has 0 atom stereocenters. The van der Waals surface area contributed by atoms with Crippen LogP contribution in [0.5, 0.6) is 5.75 Å². The molecule has 0 fully saturated rings. The van der Waals surface area contributed by atoms with E-state index >= 15 is 0 Å². The van der Waals surface area contributed by atoms with Gasteiger partial charge in [0.25, 0.3) is 0 Å². The number of benzene rings is 1. The Morgan fingerprint density at radius 2 is 1.95 bits per heavy atom. The molecule has 0 aromatic heterocycles. The molecule has 0 heterocycles. The fraction of sp³-hybridized carbons (Fsp3) is 0.538. The zero-order valence-corrected chi connectivity index (χ0v) is 12.0. The number of alkyl halides is 3. The number of methoxy groups -OCH3 is 1. The Kier molecular flexibility index (Phi) is 6.51.